The van der Waals surface area contributed by atoms with E-state index in [0.29, 0.717) is 126 Å². The third-order valence-electron chi connectivity index (χ3n) is 15.4. The summed E-state index contributed by atoms with van der Waals surface area (Å²) < 4.78 is 57.1. The Morgan fingerprint density at radius 3 is 1.27 bits per heavy atom. The number of carbonyl (C=O) groups excluding carboxylic acids is 2. The molecule has 8 N–H and O–H groups in total. The van der Waals surface area contributed by atoms with Crippen LogP contribution in [0.15, 0.2) is 186 Å². The van der Waals surface area contributed by atoms with Crippen LogP contribution in [0.4, 0.5) is 65.0 Å². The summed E-state index contributed by atoms with van der Waals surface area (Å²) in [5.41, 5.74) is 15.8. The summed E-state index contributed by atoms with van der Waals surface area (Å²) in [6.07, 6.45) is 11.4. The molecule has 0 aliphatic carbocycles. The number of anilines is 9. The van der Waals surface area contributed by atoms with Crippen LogP contribution in [0.3, 0.4) is 0 Å². The number of amides is 2. The average molecular weight is 1570 g/mol. The van der Waals surface area contributed by atoms with Gasteiger partial charge in [0.15, 0.2) is 62.9 Å². The van der Waals surface area contributed by atoms with Gasteiger partial charge in [0, 0.05) is 73.5 Å². The topological polar surface area (TPSA) is 371 Å². The van der Waals surface area contributed by atoms with Crippen molar-refractivity contribution in [1.29, 1.82) is 0 Å². The van der Waals surface area contributed by atoms with E-state index >= 15 is 0 Å². The lowest BCUT2D eigenvalue weighted by Crippen LogP contribution is -2.08. The van der Waals surface area contributed by atoms with Crippen LogP contribution >= 0.6 is 31.9 Å². The molecule has 0 fully saturated rings. The second-order valence-electron chi connectivity index (χ2n) is 23.2. The number of carbonyl (C=O) groups is 2. The minimum Gasteiger partial charge on any atom is -0.497 e. The van der Waals surface area contributed by atoms with Crippen LogP contribution in [0.5, 0.6) is 11.5 Å². The zero-order valence-corrected chi connectivity index (χ0v) is 61.0. The van der Waals surface area contributed by atoms with Crippen LogP contribution < -0.4 is 41.8 Å². The molecule has 0 spiro atoms. The van der Waals surface area contributed by atoms with Crippen LogP contribution in [0.25, 0.3) is 68.0 Å². The lowest BCUT2D eigenvalue weighted by Gasteiger charge is -2.11. The van der Waals surface area contributed by atoms with Gasteiger partial charge in [0.05, 0.1) is 63.4 Å². The molecule has 107 heavy (non-hydrogen) atoms. The van der Waals surface area contributed by atoms with Crippen molar-refractivity contribution in [3.63, 3.8) is 0 Å². The van der Waals surface area contributed by atoms with E-state index in [4.69, 9.17) is 25.2 Å². The molecule has 0 radical (unpaired) electrons. The highest BCUT2D eigenvalue weighted by Crippen LogP contribution is 2.32. The van der Waals surface area contributed by atoms with E-state index in [1.54, 1.807) is 121 Å². The van der Waals surface area contributed by atoms with Crippen molar-refractivity contribution in [2.24, 2.45) is 0 Å². The highest BCUT2D eigenvalue weighted by atomic mass is 79.9. The minimum atomic E-state index is -0.407. The Balaban J connectivity index is 0.000000143. The van der Waals surface area contributed by atoms with E-state index in [1.807, 2.05) is 69.8 Å². The monoisotopic (exact) mass is 1570 g/mol. The summed E-state index contributed by atoms with van der Waals surface area (Å²) in [5, 5.41) is 15.0. The third kappa shape index (κ3) is 18.7. The Hall–Kier alpha value is -13.4. The molecule has 34 heteroatoms. The molecule has 15 rings (SSSR count). The number of H-pyrrole nitrogens is 1. The van der Waals surface area contributed by atoms with Crippen molar-refractivity contribution >= 4 is 129 Å². The number of benzene rings is 2. The van der Waals surface area contributed by atoms with Crippen molar-refractivity contribution in [2.75, 3.05) is 46.5 Å². The molecule has 0 aliphatic rings. The third-order valence-corrected chi connectivity index (χ3v) is 16.2. The fourth-order valence-corrected chi connectivity index (χ4v) is 11.0. The molecule has 0 unspecified atom stereocenters. The lowest BCUT2D eigenvalue weighted by molar-refractivity contribution is -0.115. The van der Waals surface area contributed by atoms with Gasteiger partial charge in [-0.3, -0.25) is 9.59 Å². The lowest BCUT2D eigenvalue weighted by atomic mass is 10.2. The van der Waals surface area contributed by atoms with E-state index in [-0.39, 0.29) is 34.7 Å². The molecule has 13 heterocycles. The molecular formula is C73H62Br2F3N25O4. The Morgan fingerprint density at radius 2 is 0.869 bits per heavy atom. The van der Waals surface area contributed by atoms with Crippen LogP contribution in [-0.2, 0) is 22.7 Å². The Kier molecular flexibility index (Phi) is 22.9. The summed E-state index contributed by atoms with van der Waals surface area (Å²) in [6.45, 7) is 8.65. The summed E-state index contributed by atoms with van der Waals surface area (Å²) in [5.74, 6) is 3.10. The van der Waals surface area contributed by atoms with E-state index in [2.05, 4.69) is 133 Å². The number of hydrogen-bond acceptors (Lipinski definition) is 24. The zero-order valence-electron chi connectivity index (χ0n) is 57.8. The van der Waals surface area contributed by atoms with Crippen LogP contribution in [0.1, 0.15) is 42.1 Å². The highest BCUT2D eigenvalue weighted by molar-refractivity contribution is 9.10. The Bertz CT molecular complexity index is 5720. The first-order valence-electron chi connectivity index (χ1n) is 32.3. The number of imidazole rings is 3. The van der Waals surface area contributed by atoms with Crippen molar-refractivity contribution in [2.45, 2.75) is 47.7 Å². The first-order valence-corrected chi connectivity index (χ1v) is 33.9. The number of fused-ring (bicyclic) bond motifs is 3. The average Bonchev–Trinajstić information content (AvgIpc) is 1.67. The number of halogens is 5. The minimum absolute atomic E-state index is 0.220. The van der Waals surface area contributed by atoms with Gasteiger partial charge in [0.1, 0.15) is 72.4 Å². The number of nitrogen functional groups attached to an aromatic ring is 1. The second kappa shape index (κ2) is 33.4. The van der Waals surface area contributed by atoms with Gasteiger partial charge in [-0.05, 0) is 161 Å². The number of aromatic nitrogens is 19. The maximum atomic E-state index is 13.9. The largest absolute Gasteiger partial charge is 0.497 e. The van der Waals surface area contributed by atoms with Gasteiger partial charge in [0.2, 0.25) is 11.8 Å². The van der Waals surface area contributed by atoms with Crippen LogP contribution in [-0.4, -0.2) is 120 Å². The van der Waals surface area contributed by atoms with E-state index in [9.17, 15) is 22.8 Å². The van der Waals surface area contributed by atoms with Crippen molar-refractivity contribution < 1.29 is 32.2 Å². The standard InChI is InChI=1S/C26H23FN8O2.C24H19BrFN7O.C18H15FN8O.C5H5BrN2/c1-15-20(27)8-9-21(30-15)24-33-25(32-18-10-11-28-22(12-18)31-16(2)36)23-26(34-24)35(14-29-23)13-17-4-6-19(37-3)7-5-17;1-14-18(26)7-8-19(29-14)22-31-23(30-16-9-10-27-20(25)11-16)21-24(32-22)33(13-28-21)12-15-3-5-17(34-2)6-4-15;1-9-12(19)3-4-13(23-9)16-26-17-15(21-8-22-17)18(27-16)25-11-5-6-20-14(7-11)24-10(2)28;6-5-3-4(7)1-2-8-5/h4-12,14H,13H2,1-3H3,(H2,28,31,32,33,34,36);3-11,13H,12H2,1-2H3,(H,27,30,31,32);3-8H,1-2H3,(H3,20,21,22,24,25,26,27,28);1-3H,(H2,7,8). The molecule has 0 saturated heterocycles. The highest BCUT2D eigenvalue weighted by Gasteiger charge is 2.21. The number of nitrogens with one attached hydrogen (secondary N) is 6. The molecule has 0 atom stereocenters. The summed E-state index contributed by atoms with van der Waals surface area (Å²) in [7, 11) is 3.26. The van der Waals surface area contributed by atoms with Gasteiger partial charge in [0.25, 0.3) is 0 Å². The van der Waals surface area contributed by atoms with E-state index < -0.39 is 11.6 Å². The molecule has 15 aromatic rings. The second-order valence-corrected chi connectivity index (χ2v) is 24.9. The molecule has 0 saturated carbocycles. The maximum Gasteiger partial charge on any atom is 0.222 e. The number of aryl methyl sites for hydroxylation is 3. The Morgan fingerprint density at radius 1 is 0.467 bits per heavy atom. The van der Waals surface area contributed by atoms with Gasteiger partial charge in [-0.25, -0.2) is 92.9 Å². The summed E-state index contributed by atoms with van der Waals surface area (Å²) in [6, 6.07) is 38.2. The fraction of sp³-hybridized carbons (Fsp3) is 0.123. The number of rotatable bonds is 17. The molecule has 2 aromatic carbocycles. The predicted octanol–water partition coefficient (Wildman–Crippen LogP) is 14.2. The first-order chi connectivity index (χ1) is 51.7. The first kappa shape index (κ1) is 73.4. The van der Waals surface area contributed by atoms with Crippen LogP contribution in [0, 0.1) is 38.2 Å². The van der Waals surface area contributed by atoms with Gasteiger partial charge in [-0.1, -0.05) is 24.3 Å². The van der Waals surface area contributed by atoms with Crippen molar-refractivity contribution in [3.8, 4) is 46.1 Å². The van der Waals surface area contributed by atoms with Crippen molar-refractivity contribution in [3.05, 3.63) is 232 Å². The number of pyridine rings is 7. The number of nitrogens with two attached hydrogens (primary N) is 1. The number of nitrogens with zero attached hydrogens (tertiary/aromatic N) is 18. The quantitative estimate of drug-likeness (QED) is 0.0416. The van der Waals surface area contributed by atoms with Crippen LogP contribution in [0.2, 0.25) is 0 Å². The molecule has 29 nitrogen and oxygen atoms in total. The Labute approximate surface area is 624 Å². The predicted molar refractivity (Wildman–Crippen MR) is 406 cm³/mol. The van der Waals surface area contributed by atoms with Gasteiger partial charge < -0.3 is 55.9 Å². The maximum absolute atomic E-state index is 13.9. The summed E-state index contributed by atoms with van der Waals surface area (Å²) in [4.78, 5) is 95.9. The van der Waals surface area contributed by atoms with Gasteiger partial charge >= 0.3 is 0 Å². The molecular weight excluding hydrogens is 1510 g/mol. The molecule has 0 bridgehead atoms. The zero-order chi connectivity index (χ0) is 75.3. The van der Waals surface area contributed by atoms with E-state index in [1.165, 1.54) is 44.4 Å². The number of ether oxygens (including phenoxy) is 2. The molecule has 538 valence electrons. The van der Waals surface area contributed by atoms with E-state index in [0.717, 1.165) is 38.6 Å². The normalized spacial score (nSPS) is 10.8. The SMILES string of the molecule is CC(=O)Nc1cc(Nc2nc(-c3ccc(F)c(C)n3)nc3nc[nH]c23)ccn1.COc1ccc(Cn2cnc3c(Nc4ccnc(Br)c4)nc(-c4ccc(F)c(C)n4)nc32)cc1.COc1ccc(Cn2cnc3c(Nc4ccnc(NC(C)=O)c4)nc(-c4ccc(F)c(C)n4)nc32)cc1.Nc1ccnc(Br)c1. The molecule has 2 amide bonds. The number of hydrogen-bond donors (Lipinski definition) is 7. The smallest absolute Gasteiger partial charge is 0.222 e. The summed E-state index contributed by atoms with van der Waals surface area (Å²) >= 11 is 6.56. The van der Waals surface area contributed by atoms with Gasteiger partial charge in [-0.2, -0.15) is 0 Å². The van der Waals surface area contributed by atoms with Crippen molar-refractivity contribution in [1.82, 2.24) is 93.9 Å². The fourth-order valence-electron chi connectivity index (χ4n) is 10.2. The van der Waals surface area contributed by atoms with Gasteiger partial charge in [-0.15, -0.1) is 0 Å². The number of methoxy groups -OCH3 is 2. The number of aromatic amines is 1. The molecule has 13 aromatic heterocycles. The molecule has 0 aliphatic heterocycles.